The van der Waals surface area contributed by atoms with Gasteiger partial charge in [-0.05, 0) is 29.6 Å². The van der Waals surface area contributed by atoms with Crippen molar-refractivity contribution in [3.05, 3.63) is 76.1 Å². The van der Waals surface area contributed by atoms with Gasteiger partial charge in [-0.1, -0.05) is 18.2 Å². The minimum Gasteiger partial charge on any atom is -0.451 e. The van der Waals surface area contributed by atoms with Crippen LogP contribution in [0.3, 0.4) is 0 Å². The van der Waals surface area contributed by atoms with Crippen LogP contribution in [-0.4, -0.2) is 22.2 Å². The van der Waals surface area contributed by atoms with Crippen molar-refractivity contribution in [1.29, 1.82) is 0 Å². The summed E-state index contributed by atoms with van der Waals surface area (Å²) in [6.07, 6.45) is 1.87. The van der Waals surface area contributed by atoms with E-state index >= 15 is 0 Å². The standard InChI is InChI=1S/C19H15N3O3S/c23-15-12-17(25-16-5-2-1-4-13(15)16)19(24)20-8-10-22-9-7-14(21-22)18-6-3-11-26-18/h1-7,9,11-12H,8,10H2,(H,20,24). The zero-order valence-corrected chi connectivity index (χ0v) is 14.5. The molecule has 6 nitrogen and oxygen atoms in total. The van der Waals surface area contributed by atoms with Crippen LogP contribution >= 0.6 is 11.3 Å². The second-order valence-electron chi connectivity index (χ2n) is 5.67. The second kappa shape index (κ2) is 6.97. The summed E-state index contributed by atoms with van der Waals surface area (Å²) in [6, 6.07) is 14.0. The van der Waals surface area contributed by atoms with Gasteiger partial charge in [0.25, 0.3) is 5.91 Å². The highest BCUT2D eigenvalue weighted by Crippen LogP contribution is 2.22. The number of rotatable bonds is 5. The molecule has 0 saturated heterocycles. The Hall–Kier alpha value is -3.19. The molecule has 26 heavy (non-hydrogen) atoms. The van der Waals surface area contributed by atoms with Gasteiger partial charge in [0.1, 0.15) is 11.3 Å². The molecule has 0 radical (unpaired) electrons. The minimum absolute atomic E-state index is 0.00781. The minimum atomic E-state index is -0.418. The van der Waals surface area contributed by atoms with Crippen LogP contribution in [0.4, 0.5) is 0 Å². The van der Waals surface area contributed by atoms with E-state index in [9.17, 15) is 9.59 Å². The Morgan fingerprint density at radius 2 is 2.08 bits per heavy atom. The highest BCUT2D eigenvalue weighted by molar-refractivity contribution is 7.13. The van der Waals surface area contributed by atoms with Gasteiger partial charge in [0.15, 0.2) is 11.2 Å². The van der Waals surface area contributed by atoms with Crippen LogP contribution in [0.5, 0.6) is 0 Å². The highest BCUT2D eigenvalue weighted by atomic mass is 32.1. The fourth-order valence-electron chi connectivity index (χ4n) is 2.63. The normalized spacial score (nSPS) is 10.9. The lowest BCUT2D eigenvalue weighted by Gasteiger charge is -2.05. The molecule has 0 aliphatic rings. The number of benzene rings is 1. The first kappa shape index (κ1) is 16.3. The first-order chi connectivity index (χ1) is 12.7. The van der Waals surface area contributed by atoms with E-state index in [2.05, 4.69) is 10.4 Å². The lowest BCUT2D eigenvalue weighted by atomic mass is 10.2. The van der Waals surface area contributed by atoms with E-state index in [1.807, 2.05) is 29.8 Å². The van der Waals surface area contributed by atoms with Crippen LogP contribution in [0.1, 0.15) is 10.6 Å². The summed E-state index contributed by atoms with van der Waals surface area (Å²) in [5.74, 6) is -0.410. The Kier molecular flexibility index (Phi) is 4.37. The molecule has 0 bridgehead atoms. The summed E-state index contributed by atoms with van der Waals surface area (Å²) < 4.78 is 7.30. The van der Waals surface area contributed by atoms with Gasteiger partial charge in [0.2, 0.25) is 0 Å². The molecule has 0 atom stereocenters. The summed E-state index contributed by atoms with van der Waals surface area (Å²) in [5.41, 5.74) is 1.08. The number of hydrogen-bond acceptors (Lipinski definition) is 5. The molecule has 0 aliphatic heterocycles. The molecule has 7 heteroatoms. The van der Waals surface area contributed by atoms with Gasteiger partial charge in [-0.3, -0.25) is 14.3 Å². The van der Waals surface area contributed by atoms with Crippen molar-refractivity contribution >= 4 is 28.2 Å². The molecule has 4 rings (SSSR count). The van der Waals surface area contributed by atoms with Gasteiger partial charge >= 0.3 is 0 Å². The van der Waals surface area contributed by atoms with Gasteiger partial charge in [0, 0.05) is 18.8 Å². The fourth-order valence-corrected chi connectivity index (χ4v) is 3.32. The largest absolute Gasteiger partial charge is 0.451 e. The molecule has 130 valence electrons. The lowest BCUT2D eigenvalue weighted by Crippen LogP contribution is -2.28. The number of nitrogens with one attached hydrogen (secondary N) is 1. The molecule has 1 N–H and O–H groups in total. The molecule has 0 aliphatic carbocycles. The molecule has 0 unspecified atom stereocenters. The summed E-state index contributed by atoms with van der Waals surface area (Å²) in [7, 11) is 0. The van der Waals surface area contributed by atoms with Crippen LogP contribution in [-0.2, 0) is 6.54 Å². The van der Waals surface area contributed by atoms with Gasteiger partial charge in [-0.15, -0.1) is 11.3 Å². The first-order valence-electron chi connectivity index (χ1n) is 8.09. The topological polar surface area (TPSA) is 77.1 Å². The molecule has 0 fully saturated rings. The predicted molar refractivity (Wildman–Crippen MR) is 100 cm³/mol. The van der Waals surface area contributed by atoms with Crippen molar-refractivity contribution in [3.63, 3.8) is 0 Å². The number of aromatic nitrogens is 2. The number of carbonyl (C=O) groups is 1. The third kappa shape index (κ3) is 3.29. The maximum absolute atomic E-state index is 12.3. The van der Waals surface area contributed by atoms with Crippen LogP contribution < -0.4 is 10.7 Å². The summed E-state index contributed by atoms with van der Waals surface area (Å²) in [5, 5.41) is 9.70. The van der Waals surface area contributed by atoms with Gasteiger partial charge in [0.05, 0.1) is 16.8 Å². The van der Waals surface area contributed by atoms with Gasteiger partial charge in [-0.2, -0.15) is 5.10 Å². The molecule has 4 aromatic rings. The van der Waals surface area contributed by atoms with E-state index in [1.165, 1.54) is 6.07 Å². The zero-order valence-electron chi connectivity index (χ0n) is 13.7. The maximum Gasteiger partial charge on any atom is 0.287 e. The molecule has 1 aromatic carbocycles. The van der Waals surface area contributed by atoms with Crippen LogP contribution in [0.25, 0.3) is 21.5 Å². The average Bonchev–Trinajstić information content (AvgIpc) is 3.33. The van der Waals surface area contributed by atoms with Crippen LogP contribution in [0, 0.1) is 0 Å². The van der Waals surface area contributed by atoms with Crippen LogP contribution in [0.15, 0.2) is 69.3 Å². The summed E-state index contributed by atoms with van der Waals surface area (Å²) in [4.78, 5) is 25.4. The molecule has 1 amide bonds. The Balaban J connectivity index is 1.41. The number of thiophene rings is 1. The van der Waals surface area contributed by atoms with Crippen molar-refractivity contribution in [1.82, 2.24) is 15.1 Å². The summed E-state index contributed by atoms with van der Waals surface area (Å²) in [6.45, 7) is 0.899. The number of hydrogen-bond donors (Lipinski definition) is 1. The maximum atomic E-state index is 12.3. The Morgan fingerprint density at radius 3 is 2.92 bits per heavy atom. The third-order valence-corrected chi connectivity index (χ3v) is 4.79. The quantitative estimate of drug-likeness (QED) is 0.589. The first-order valence-corrected chi connectivity index (χ1v) is 8.97. The molecule has 3 heterocycles. The van der Waals surface area contributed by atoms with Crippen molar-refractivity contribution in [2.45, 2.75) is 6.54 Å². The van der Waals surface area contributed by atoms with Gasteiger partial charge < -0.3 is 9.73 Å². The fraction of sp³-hybridized carbons (Fsp3) is 0.105. The van der Waals surface area contributed by atoms with E-state index in [4.69, 9.17) is 4.42 Å². The molecular weight excluding hydrogens is 350 g/mol. The Bertz CT molecular complexity index is 1110. The van der Waals surface area contributed by atoms with E-state index in [0.29, 0.717) is 24.1 Å². The average molecular weight is 365 g/mol. The molecule has 0 saturated carbocycles. The summed E-state index contributed by atoms with van der Waals surface area (Å²) >= 11 is 1.63. The third-order valence-electron chi connectivity index (χ3n) is 3.90. The monoisotopic (exact) mass is 365 g/mol. The van der Waals surface area contributed by atoms with E-state index < -0.39 is 5.91 Å². The molecule has 3 aromatic heterocycles. The van der Waals surface area contributed by atoms with Crippen molar-refractivity contribution in [3.8, 4) is 10.6 Å². The number of nitrogens with zero attached hydrogens (tertiary/aromatic N) is 2. The SMILES string of the molecule is O=C(NCCn1ccc(-c2cccs2)n1)c1cc(=O)c2ccccc2o1. The highest BCUT2D eigenvalue weighted by Gasteiger charge is 2.12. The van der Waals surface area contributed by atoms with E-state index in [-0.39, 0.29) is 11.2 Å². The lowest BCUT2D eigenvalue weighted by molar-refractivity contribution is 0.0925. The number of fused-ring (bicyclic) bond motifs is 1. The van der Waals surface area contributed by atoms with E-state index in [0.717, 1.165) is 10.6 Å². The van der Waals surface area contributed by atoms with Crippen molar-refractivity contribution in [2.75, 3.05) is 6.54 Å². The number of carbonyl (C=O) groups excluding carboxylic acids is 1. The molecular formula is C19H15N3O3S. The Labute approximate surface area is 152 Å². The second-order valence-corrected chi connectivity index (χ2v) is 6.62. The number of para-hydroxylation sites is 1. The zero-order chi connectivity index (χ0) is 17.9. The van der Waals surface area contributed by atoms with Gasteiger partial charge in [-0.25, -0.2) is 0 Å². The number of amides is 1. The van der Waals surface area contributed by atoms with E-state index in [1.54, 1.807) is 40.3 Å². The van der Waals surface area contributed by atoms with Crippen LogP contribution in [0.2, 0.25) is 0 Å². The van der Waals surface area contributed by atoms with Crippen molar-refractivity contribution < 1.29 is 9.21 Å². The molecule has 0 spiro atoms. The Morgan fingerprint density at radius 1 is 1.19 bits per heavy atom. The smallest absolute Gasteiger partial charge is 0.287 e. The van der Waals surface area contributed by atoms with Crippen molar-refractivity contribution in [2.24, 2.45) is 0 Å². The predicted octanol–water partition coefficient (Wildman–Crippen LogP) is 3.15.